The lowest BCUT2D eigenvalue weighted by molar-refractivity contribution is -0.139. The van der Waals surface area contributed by atoms with Gasteiger partial charge in [-0.05, 0) is 39.5 Å². The maximum atomic E-state index is 13.0. The van der Waals surface area contributed by atoms with E-state index in [9.17, 15) is 14.4 Å². The van der Waals surface area contributed by atoms with Crippen molar-refractivity contribution < 1.29 is 14.4 Å². The maximum Gasteiger partial charge on any atom is 0.319 e. The normalized spacial score (nSPS) is 21.7. The van der Waals surface area contributed by atoms with E-state index in [0.717, 1.165) is 65.0 Å². The monoisotopic (exact) mass is 435 g/mol. The number of hydrogen-bond donors (Lipinski definition) is 0. The zero-order valence-corrected chi connectivity index (χ0v) is 19.6. The molecule has 8 heteroatoms. The number of urea groups is 1. The molecule has 0 aliphatic carbocycles. The van der Waals surface area contributed by atoms with Crippen molar-refractivity contribution in [2.24, 2.45) is 5.92 Å². The Balaban J connectivity index is 1.39. The highest BCUT2D eigenvalue weighted by molar-refractivity contribution is 5.80. The van der Waals surface area contributed by atoms with Gasteiger partial charge < -0.3 is 19.6 Å². The zero-order chi connectivity index (χ0) is 22.2. The van der Waals surface area contributed by atoms with Crippen molar-refractivity contribution in [2.45, 2.75) is 52.4 Å². The minimum atomic E-state index is 0.0195. The second-order valence-electron chi connectivity index (χ2n) is 9.11. The van der Waals surface area contributed by atoms with E-state index in [1.54, 1.807) is 0 Å². The molecule has 0 aromatic rings. The molecule has 0 atom stereocenters. The molecule has 176 valence electrons. The second-order valence-corrected chi connectivity index (χ2v) is 9.11. The Kier molecular flexibility index (Phi) is 8.99. The predicted octanol–water partition coefficient (Wildman–Crippen LogP) is 1.71. The first-order valence-electron chi connectivity index (χ1n) is 12.4. The maximum absolute atomic E-state index is 13.0. The van der Waals surface area contributed by atoms with Crippen molar-refractivity contribution in [1.82, 2.24) is 24.5 Å². The summed E-state index contributed by atoms with van der Waals surface area (Å²) in [5.74, 6) is 0.492. The Bertz CT molecular complexity index is 600. The first kappa shape index (κ1) is 23.8. The van der Waals surface area contributed by atoms with Crippen molar-refractivity contribution in [3.8, 4) is 0 Å². The van der Waals surface area contributed by atoms with E-state index in [2.05, 4.69) is 4.90 Å². The molecule has 31 heavy (non-hydrogen) atoms. The topological polar surface area (TPSA) is 67.4 Å². The summed E-state index contributed by atoms with van der Waals surface area (Å²) in [6, 6.07) is 0.0959. The van der Waals surface area contributed by atoms with Crippen LogP contribution in [0, 0.1) is 5.92 Å². The van der Waals surface area contributed by atoms with E-state index in [0.29, 0.717) is 32.7 Å². The van der Waals surface area contributed by atoms with Crippen LogP contribution in [0.15, 0.2) is 0 Å². The molecule has 0 bridgehead atoms. The standard InChI is InChI=1S/C23H41N5O3/c1-3-25(4-2)23(31)28-13-9-20(10-14-28)22(30)27-17-15-24(16-18-27)19-21(29)26-11-7-5-6-8-12-26/h20H,3-19H2,1-2H3. The number of nitrogens with zero attached hydrogens (tertiary/aromatic N) is 5. The molecule has 0 saturated carbocycles. The van der Waals surface area contributed by atoms with Crippen LogP contribution in [0.5, 0.6) is 0 Å². The van der Waals surface area contributed by atoms with E-state index in [4.69, 9.17) is 0 Å². The number of carbonyl (C=O) groups is 3. The van der Waals surface area contributed by atoms with E-state index in [1.165, 1.54) is 12.8 Å². The van der Waals surface area contributed by atoms with Crippen LogP contribution in [0.2, 0.25) is 0 Å². The quantitative estimate of drug-likeness (QED) is 0.659. The van der Waals surface area contributed by atoms with E-state index in [1.807, 2.05) is 33.4 Å². The predicted molar refractivity (Wildman–Crippen MR) is 121 cm³/mol. The van der Waals surface area contributed by atoms with E-state index < -0.39 is 0 Å². The van der Waals surface area contributed by atoms with Crippen molar-refractivity contribution in [2.75, 3.05) is 72.0 Å². The molecule has 0 unspecified atom stereocenters. The van der Waals surface area contributed by atoms with Gasteiger partial charge in [0.05, 0.1) is 6.54 Å². The third-order valence-corrected chi connectivity index (χ3v) is 7.15. The fraction of sp³-hybridized carbons (Fsp3) is 0.870. The van der Waals surface area contributed by atoms with Gasteiger partial charge in [0.25, 0.3) is 0 Å². The van der Waals surface area contributed by atoms with Crippen molar-refractivity contribution in [3.05, 3.63) is 0 Å². The minimum Gasteiger partial charge on any atom is -0.342 e. The lowest BCUT2D eigenvalue weighted by Gasteiger charge is -2.39. The smallest absolute Gasteiger partial charge is 0.319 e. The molecule has 3 fully saturated rings. The summed E-state index contributed by atoms with van der Waals surface area (Å²) in [4.78, 5) is 48.1. The summed E-state index contributed by atoms with van der Waals surface area (Å²) in [7, 11) is 0. The van der Waals surface area contributed by atoms with Gasteiger partial charge in [-0.25, -0.2) is 4.79 Å². The third kappa shape index (κ3) is 6.34. The first-order valence-corrected chi connectivity index (χ1v) is 12.4. The van der Waals surface area contributed by atoms with Crippen LogP contribution in [0.3, 0.4) is 0 Å². The van der Waals surface area contributed by atoms with Crippen LogP contribution < -0.4 is 0 Å². The van der Waals surface area contributed by atoms with Gasteiger partial charge in [0.2, 0.25) is 11.8 Å². The Labute approximate surface area is 187 Å². The van der Waals surface area contributed by atoms with Crippen molar-refractivity contribution in [1.29, 1.82) is 0 Å². The first-order chi connectivity index (χ1) is 15.0. The molecule has 3 aliphatic heterocycles. The van der Waals surface area contributed by atoms with Crippen LogP contribution >= 0.6 is 0 Å². The number of piperazine rings is 1. The van der Waals surface area contributed by atoms with Crippen LogP contribution in [0.1, 0.15) is 52.4 Å². The number of piperidine rings is 1. The van der Waals surface area contributed by atoms with Gasteiger partial charge in [-0.1, -0.05) is 12.8 Å². The van der Waals surface area contributed by atoms with Crippen LogP contribution in [0.4, 0.5) is 4.79 Å². The van der Waals surface area contributed by atoms with E-state index in [-0.39, 0.29) is 23.8 Å². The van der Waals surface area contributed by atoms with Gasteiger partial charge in [-0.2, -0.15) is 0 Å². The fourth-order valence-corrected chi connectivity index (χ4v) is 5.01. The summed E-state index contributed by atoms with van der Waals surface area (Å²) < 4.78 is 0. The summed E-state index contributed by atoms with van der Waals surface area (Å²) in [5, 5.41) is 0. The average molecular weight is 436 g/mol. The van der Waals surface area contributed by atoms with Crippen molar-refractivity contribution >= 4 is 17.8 Å². The molecule has 0 spiro atoms. The number of carbonyl (C=O) groups excluding carboxylic acids is 3. The minimum absolute atomic E-state index is 0.0195. The largest absolute Gasteiger partial charge is 0.342 e. The average Bonchev–Trinajstić information content (AvgIpc) is 3.10. The number of hydrogen-bond acceptors (Lipinski definition) is 4. The second kappa shape index (κ2) is 11.7. The molecule has 0 radical (unpaired) electrons. The van der Waals surface area contributed by atoms with Gasteiger partial charge in [-0.15, -0.1) is 0 Å². The molecule has 8 nitrogen and oxygen atoms in total. The van der Waals surface area contributed by atoms with Crippen molar-refractivity contribution in [3.63, 3.8) is 0 Å². The molecule has 3 heterocycles. The number of amides is 4. The third-order valence-electron chi connectivity index (χ3n) is 7.15. The van der Waals surface area contributed by atoms with Crippen LogP contribution in [-0.2, 0) is 9.59 Å². The SMILES string of the molecule is CCN(CC)C(=O)N1CCC(C(=O)N2CCN(CC(=O)N3CCCCCC3)CC2)CC1. The molecule has 0 aromatic heterocycles. The lowest BCUT2D eigenvalue weighted by atomic mass is 9.95. The lowest BCUT2D eigenvalue weighted by Crippen LogP contribution is -2.54. The highest BCUT2D eigenvalue weighted by Crippen LogP contribution is 2.21. The Morgan fingerprint density at radius 1 is 0.710 bits per heavy atom. The zero-order valence-electron chi connectivity index (χ0n) is 19.6. The Hall–Kier alpha value is -1.83. The Morgan fingerprint density at radius 2 is 1.29 bits per heavy atom. The van der Waals surface area contributed by atoms with Gasteiger partial charge in [0.1, 0.15) is 0 Å². The van der Waals surface area contributed by atoms with Gasteiger partial charge in [0.15, 0.2) is 0 Å². The summed E-state index contributed by atoms with van der Waals surface area (Å²) >= 11 is 0. The Morgan fingerprint density at radius 3 is 1.84 bits per heavy atom. The summed E-state index contributed by atoms with van der Waals surface area (Å²) in [5.41, 5.74) is 0. The molecule has 0 aromatic carbocycles. The van der Waals surface area contributed by atoms with E-state index >= 15 is 0 Å². The highest BCUT2D eigenvalue weighted by atomic mass is 16.2. The molecule has 0 N–H and O–H groups in total. The molecule has 4 amide bonds. The molecule has 3 saturated heterocycles. The van der Waals surface area contributed by atoms with Gasteiger partial charge in [-0.3, -0.25) is 14.5 Å². The molecular formula is C23H41N5O3. The fourth-order valence-electron chi connectivity index (χ4n) is 5.01. The molecular weight excluding hydrogens is 394 g/mol. The molecule has 3 rings (SSSR count). The number of likely N-dealkylation sites (tertiary alicyclic amines) is 2. The van der Waals surface area contributed by atoms with Gasteiger partial charge in [0, 0.05) is 71.4 Å². The summed E-state index contributed by atoms with van der Waals surface area (Å²) in [6.07, 6.45) is 6.19. The number of rotatable bonds is 5. The summed E-state index contributed by atoms with van der Waals surface area (Å²) in [6.45, 7) is 12.0. The van der Waals surface area contributed by atoms with Gasteiger partial charge >= 0.3 is 6.03 Å². The highest BCUT2D eigenvalue weighted by Gasteiger charge is 2.33. The van der Waals surface area contributed by atoms with Crippen LogP contribution in [-0.4, -0.2) is 114 Å². The van der Waals surface area contributed by atoms with Crippen LogP contribution in [0.25, 0.3) is 0 Å². The molecule has 3 aliphatic rings.